The summed E-state index contributed by atoms with van der Waals surface area (Å²) in [6, 6.07) is 3.34. The zero-order valence-corrected chi connectivity index (χ0v) is 10.6. The lowest BCUT2D eigenvalue weighted by atomic mass is 10.2. The molecule has 0 spiro atoms. The van der Waals surface area contributed by atoms with Crippen LogP contribution >= 0.6 is 0 Å². The highest BCUT2D eigenvalue weighted by atomic mass is 32.2. The second-order valence-electron chi connectivity index (χ2n) is 4.33. The van der Waals surface area contributed by atoms with E-state index >= 15 is 0 Å². The number of rotatable bonds is 2. The summed E-state index contributed by atoms with van der Waals surface area (Å²) in [5.41, 5.74) is -0.895. The molecule has 0 radical (unpaired) electrons. The number of benzene rings is 1. The van der Waals surface area contributed by atoms with E-state index < -0.39 is 27.9 Å². The Labute approximate surface area is 108 Å². The first kappa shape index (κ1) is 14.3. The maximum atomic E-state index is 12.4. The van der Waals surface area contributed by atoms with Gasteiger partial charge in [-0.25, -0.2) is 8.42 Å². The maximum absolute atomic E-state index is 12.4. The molecule has 1 saturated heterocycles. The van der Waals surface area contributed by atoms with Crippen LogP contribution in [0.1, 0.15) is 12.0 Å². The number of alkyl halides is 3. The molecule has 8 heteroatoms. The number of hydrogen-bond donors (Lipinski definition) is 1. The minimum atomic E-state index is -4.49. The van der Waals surface area contributed by atoms with Gasteiger partial charge in [0, 0.05) is 13.1 Å². The number of β-amino-alcohol motifs (C(OH)–C–C–N with tert-alkyl or cyclic N) is 1. The van der Waals surface area contributed by atoms with Crippen molar-refractivity contribution in [1.29, 1.82) is 0 Å². The summed E-state index contributed by atoms with van der Waals surface area (Å²) < 4.78 is 62.3. The standard InChI is InChI=1S/C11H12F3NO3S/c12-11(13,14)8-1-3-10(4-2-8)19(17,18)15-6-5-9(16)7-15/h1-4,9,16H,5-7H2/t9-/m0/s1. The van der Waals surface area contributed by atoms with E-state index in [2.05, 4.69) is 0 Å². The van der Waals surface area contributed by atoms with Gasteiger partial charge in [-0.2, -0.15) is 17.5 Å². The quantitative estimate of drug-likeness (QED) is 0.898. The van der Waals surface area contributed by atoms with Crippen LogP contribution in [0.3, 0.4) is 0 Å². The zero-order chi connectivity index (χ0) is 14.3. The fourth-order valence-corrected chi connectivity index (χ4v) is 3.39. The lowest BCUT2D eigenvalue weighted by Crippen LogP contribution is -2.29. The predicted molar refractivity (Wildman–Crippen MR) is 60.8 cm³/mol. The molecule has 0 aliphatic carbocycles. The summed E-state index contributed by atoms with van der Waals surface area (Å²) in [6.45, 7) is 0.147. The lowest BCUT2D eigenvalue weighted by molar-refractivity contribution is -0.137. The van der Waals surface area contributed by atoms with Crippen LogP contribution < -0.4 is 0 Å². The van der Waals surface area contributed by atoms with Crippen LogP contribution in [-0.4, -0.2) is 37.0 Å². The van der Waals surface area contributed by atoms with Gasteiger partial charge in [0.15, 0.2) is 0 Å². The van der Waals surface area contributed by atoms with Crippen molar-refractivity contribution in [3.8, 4) is 0 Å². The van der Waals surface area contributed by atoms with E-state index in [0.717, 1.165) is 28.6 Å². The van der Waals surface area contributed by atoms with Gasteiger partial charge in [-0.3, -0.25) is 0 Å². The molecule has 1 heterocycles. The molecule has 0 amide bonds. The Morgan fingerprint density at radius 3 is 2.21 bits per heavy atom. The van der Waals surface area contributed by atoms with Gasteiger partial charge in [-0.15, -0.1) is 0 Å². The lowest BCUT2D eigenvalue weighted by Gasteiger charge is -2.16. The Morgan fingerprint density at radius 1 is 1.21 bits per heavy atom. The van der Waals surface area contributed by atoms with Gasteiger partial charge >= 0.3 is 6.18 Å². The highest BCUT2D eigenvalue weighted by Crippen LogP contribution is 2.30. The van der Waals surface area contributed by atoms with Crippen LogP contribution in [0.25, 0.3) is 0 Å². The van der Waals surface area contributed by atoms with Crippen molar-refractivity contribution < 1.29 is 26.7 Å². The maximum Gasteiger partial charge on any atom is 0.416 e. The van der Waals surface area contributed by atoms with E-state index in [4.69, 9.17) is 0 Å². The number of sulfonamides is 1. The van der Waals surface area contributed by atoms with Crippen LogP contribution in [0.5, 0.6) is 0 Å². The third kappa shape index (κ3) is 2.90. The first-order valence-electron chi connectivity index (χ1n) is 5.57. The Kier molecular flexibility index (Phi) is 3.59. The monoisotopic (exact) mass is 295 g/mol. The molecule has 1 N–H and O–H groups in total. The van der Waals surface area contributed by atoms with E-state index in [1.54, 1.807) is 0 Å². The number of hydrogen-bond acceptors (Lipinski definition) is 3. The third-order valence-electron chi connectivity index (χ3n) is 2.95. The van der Waals surface area contributed by atoms with Crippen molar-refractivity contribution in [2.24, 2.45) is 0 Å². The van der Waals surface area contributed by atoms with Gasteiger partial charge in [0.1, 0.15) is 0 Å². The Bertz CT molecular complexity index is 554. The fraction of sp³-hybridized carbons (Fsp3) is 0.455. The molecule has 106 valence electrons. The summed E-state index contributed by atoms with van der Waals surface area (Å²) in [7, 11) is -3.83. The average molecular weight is 295 g/mol. The van der Waals surface area contributed by atoms with E-state index in [1.807, 2.05) is 0 Å². The van der Waals surface area contributed by atoms with Crippen LogP contribution in [-0.2, 0) is 16.2 Å². The number of halogens is 3. The van der Waals surface area contributed by atoms with Gasteiger partial charge in [0.25, 0.3) is 0 Å². The fourth-order valence-electron chi connectivity index (χ4n) is 1.89. The number of aliphatic hydroxyl groups excluding tert-OH is 1. The highest BCUT2D eigenvalue weighted by molar-refractivity contribution is 7.89. The molecular weight excluding hydrogens is 283 g/mol. The minimum absolute atomic E-state index is 0.0244. The largest absolute Gasteiger partial charge is 0.416 e. The molecule has 1 atom stereocenters. The van der Waals surface area contributed by atoms with E-state index in [1.165, 1.54) is 0 Å². The van der Waals surface area contributed by atoms with E-state index in [0.29, 0.717) is 6.42 Å². The van der Waals surface area contributed by atoms with Crippen LogP contribution in [0, 0.1) is 0 Å². The molecule has 19 heavy (non-hydrogen) atoms. The predicted octanol–water partition coefficient (Wildman–Crippen LogP) is 1.46. The van der Waals surface area contributed by atoms with Crippen molar-refractivity contribution in [3.05, 3.63) is 29.8 Å². The zero-order valence-electron chi connectivity index (χ0n) is 9.76. The van der Waals surface area contributed by atoms with Gasteiger partial charge in [-0.05, 0) is 30.7 Å². The molecule has 4 nitrogen and oxygen atoms in total. The topological polar surface area (TPSA) is 57.6 Å². The van der Waals surface area contributed by atoms with E-state index in [-0.39, 0.29) is 18.0 Å². The first-order chi connectivity index (χ1) is 8.71. The molecule has 2 rings (SSSR count). The highest BCUT2D eigenvalue weighted by Gasteiger charge is 2.33. The molecule has 0 unspecified atom stereocenters. The minimum Gasteiger partial charge on any atom is -0.392 e. The normalized spacial score (nSPS) is 21.8. The van der Waals surface area contributed by atoms with E-state index in [9.17, 15) is 26.7 Å². The number of aliphatic hydroxyl groups is 1. The van der Waals surface area contributed by atoms with Crippen molar-refractivity contribution in [3.63, 3.8) is 0 Å². The molecule has 1 aliphatic heterocycles. The molecule has 1 aromatic carbocycles. The van der Waals surface area contributed by atoms with Crippen molar-refractivity contribution in [2.75, 3.05) is 13.1 Å². The Morgan fingerprint density at radius 2 is 1.79 bits per heavy atom. The van der Waals surface area contributed by atoms with Crippen molar-refractivity contribution in [1.82, 2.24) is 4.31 Å². The molecule has 1 aliphatic rings. The van der Waals surface area contributed by atoms with Crippen LogP contribution in [0.4, 0.5) is 13.2 Å². The molecule has 0 bridgehead atoms. The van der Waals surface area contributed by atoms with Gasteiger partial charge in [-0.1, -0.05) is 0 Å². The molecule has 0 aromatic heterocycles. The third-order valence-corrected chi connectivity index (χ3v) is 4.82. The van der Waals surface area contributed by atoms with Crippen LogP contribution in [0.2, 0.25) is 0 Å². The summed E-state index contributed by atoms with van der Waals surface area (Å²) in [5, 5.41) is 9.31. The second-order valence-corrected chi connectivity index (χ2v) is 6.27. The van der Waals surface area contributed by atoms with Crippen molar-refractivity contribution >= 4 is 10.0 Å². The van der Waals surface area contributed by atoms with Crippen LogP contribution in [0.15, 0.2) is 29.2 Å². The van der Waals surface area contributed by atoms with Gasteiger partial charge in [0.2, 0.25) is 10.0 Å². The summed E-state index contributed by atoms with van der Waals surface area (Å²) in [5.74, 6) is 0. The second kappa shape index (κ2) is 4.77. The molecule has 0 saturated carbocycles. The van der Waals surface area contributed by atoms with Gasteiger partial charge < -0.3 is 5.11 Å². The molecule has 1 aromatic rings. The SMILES string of the molecule is O=S(=O)(c1ccc(C(F)(F)F)cc1)N1CC[C@H](O)C1. The Hall–Kier alpha value is -1.12. The van der Waals surface area contributed by atoms with Gasteiger partial charge in [0.05, 0.1) is 16.6 Å². The summed E-state index contributed by atoms with van der Waals surface area (Å²) in [6.07, 6.45) is -4.88. The summed E-state index contributed by atoms with van der Waals surface area (Å²) >= 11 is 0. The van der Waals surface area contributed by atoms with Crippen molar-refractivity contribution in [2.45, 2.75) is 23.6 Å². The average Bonchev–Trinajstić information content (AvgIpc) is 2.76. The molecule has 1 fully saturated rings. The number of nitrogens with zero attached hydrogens (tertiary/aromatic N) is 1. The first-order valence-corrected chi connectivity index (χ1v) is 7.01. The molecular formula is C11H12F3NO3S. The summed E-state index contributed by atoms with van der Waals surface area (Å²) in [4.78, 5) is -0.199. The Balaban J connectivity index is 2.27. The smallest absolute Gasteiger partial charge is 0.392 e.